The standard InChI is InChI=1S/C8H12N2O.2ClH/c1-10-7-5-6(9)3-4-8(7)11-2;;/h3-5,10H,9H2,1-2H3;2*1H. The molecule has 0 spiro atoms. The van der Waals surface area contributed by atoms with Crippen molar-refractivity contribution in [1.29, 1.82) is 0 Å². The molecular weight excluding hydrogens is 211 g/mol. The van der Waals surface area contributed by atoms with Crippen molar-refractivity contribution in [2.45, 2.75) is 0 Å². The molecule has 3 nitrogen and oxygen atoms in total. The fourth-order valence-corrected chi connectivity index (χ4v) is 0.921. The van der Waals surface area contributed by atoms with E-state index in [0.29, 0.717) is 0 Å². The van der Waals surface area contributed by atoms with Crippen molar-refractivity contribution < 1.29 is 4.74 Å². The van der Waals surface area contributed by atoms with Crippen LogP contribution in [-0.2, 0) is 0 Å². The van der Waals surface area contributed by atoms with Crippen LogP contribution in [-0.4, -0.2) is 14.2 Å². The summed E-state index contributed by atoms with van der Waals surface area (Å²) in [7, 11) is 3.46. The number of hydrogen-bond donors (Lipinski definition) is 2. The maximum Gasteiger partial charge on any atom is 0.142 e. The molecule has 0 radical (unpaired) electrons. The van der Waals surface area contributed by atoms with Crippen LogP contribution in [0.4, 0.5) is 11.4 Å². The molecule has 0 aliphatic rings. The molecule has 5 heteroatoms. The summed E-state index contributed by atoms with van der Waals surface area (Å²) in [5, 5.41) is 2.98. The van der Waals surface area contributed by atoms with Gasteiger partial charge in [-0.2, -0.15) is 0 Å². The van der Waals surface area contributed by atoms with Crippen LogP contribution in [0.1, 0.15) is 0 Å². The Morgan fingerprint density at radius 2 is 1.92 bits per heavy atom. The van der Waals surface area contributed by atoms with E-state index in [9.17, 15) is 0 Å². The summed E-state index contributed by atoms with van der Waals surface area (Å²) in [6.45, 7) is 0. The Kier molecular flexibility index (Phi) is 7.57. The van der Waals surface area contributed by atoms with Crippen LogP contribution < -0.4 is 15.8 Å². The van der Waals surface area contributed by atoms with Crippen molar-refractivity contribution in [3.05, 3.63) is 18.2 Å². The molecule has 1 aromatic rings. The second-order valence-electron chi connectivity index (χ2n) is 2.21. The molecule has 13 heavy (non-hydrogen) atoms. The number of halogens is 2. The third kappa shape index (κ3) is 3.61. The molecule has 0 amide bonds. The zero-order valence-corrected chi connectivity index (χ0v) is 9.17. The van der Waals surface area contributed by atoms with E-state index in [1.54, 1.807) is 13.2 Å². The minimum Gasteiger partial charge on any atom is -0.495 e. The van der Waals surface area contributed by atoms with E-state index in [1.807, 2.05) is 19.2 Å². The molecule has 0 saturated carbocycles. The van der Waals surface area contributed by atoms with Gasteiger partial charge in [-0.15, -0.1) is 24.8 Å². The molecule has 0 unspecified atom stereocenters. The Hall–Kier alpha value is -0.800. The summed E-state index contributed by atoms with van der Waals surface area (Å²) in [6.07, 6.45) is 0. The summed E-state index contributed by atoms with van der Waals surface area (Å²) < 4.78 is 5.07. The van der Waals surface area contributed by atoms with Gasteiger partial charge in [0.05, 0.1) is 12.8 Å². The zero-order valence-electron chi connectivity index (χ0n) is 7.53. The van der Waals surface area contributed by atoms with E-state index in [4.69, 9.17) is 10.5 Å². The number of methoxy groups -OCH3 is 1. The lowest BCUT2D eigenvalue weighted by molar-refractivity contribution is 0.417. The maximum atomic E-state index is 5.56. The van der Waals surface area contributed by atoms with Gasteiger partial charge in [-0.25, -0.2) is 0 Å². The van der Waals surface area contributed by atoms with Crippen molar-refractivity contribution in [3.8, 4) is 5.75 Å². The van der Waals surface area contributed by atoms with Gasteiger partial charge < -0.3 is 15.8 Å². The lowest BCUT2D eigenvalue weighted by atomic mass is 10.2. The molecule has 0 fully saturated rings. The highest BCUT2D eigenvalue weighted by molar-refractivity contribution is 5.85. The first-order valence-electron chi connectivity index (χ1n) is 3.39. The Labute approximate surface area is 90.5 Å². The van der Waals surface area contributed by atoms with Crippen LogP contribution in [0.15, 0.2) is 18.2 Å². The lowest BCUT2D eigenvalue weighted by Gasteiger charge is -2.07. The molecule has 0 atom stereocenters. The molecule has 0 saturated heterocycles. The number of ether oxygens (including phenoxy) is 1. The van der Waals surface area contributed by atoms with E-state index in [1.165, 1.54) is 0 Å². The average Bonchev–Trinajstić information content (AvgIpc) is 2.04. The predicted molar refractivity (Wildman–Crippen MR) is 61.4 cm³/mol. The Balaban J connectivity index is 0. The average molecular weight is 225 g/mol. The largest absolute Gasteiger partial charge is 0.495 e. The summed E-state index contributed by atoms with van der Waals surface area (Å²) in [5.41, 5.74) is 7.20. The van der Waals surface area contributed by atoms with Gasteiger partial charge in [0.15, 0.2) is 0 Å². The Bertz CT molecular complexity index is 256. The first kappa shape index (κ1) is 14.7. The monoisotopic (exact) mass is 224 g/mol. The molecule has 76 valence electrons. The number of nitrogens with two attached hydrogens (primary N) is 1. The quantitative estimate of drug-likeness (QED) is 0.758. The minimum absolute atomic E-state index is 0. The Morgan fingerprint density at radius 1 is 1.31 bits per heavy atom. The molecule has 0 heterocycles. The van der Waals surface area contributed by atoms with E-state index in [0.717, 1.165) is 17.1 Å². The van der Waals surface area contributed by atoms with Crippen LogP contribution in [0, 0.1) is 0 Å². The third-order valence-electron chi connectivity index (χ3n) is 1.49. The summed E-state index contributed by atoms with van der Waals surface area (Å²) >= 11 is 0. The fraction of sp³-hybridized carbons (Fsp3) is 0.250. The van der Waals surface area contributed by atoms with Gasteiger partial charge in [0, 0.05) is 12.7 Å². The highest BCUT2D eigenvalue weighted by Crippen LogP contribution is 2.25. The van der Waals surface area contributed by atoms with Gasteiger partial charge in [-0.1, -0.05) is 0 Å². The molecule has 1 aromatic carbocycles. The van der Waals surface area contributed by atoms with Crippen LogP contribution in [0.2, 0.25) is 0 Å². The summed E-state index contributed by atoms with van der Waals surface area (Å²) in [6, 6.07) is 5.47. The molecule has 3 N–H and O–H groups in total. The number of nitrogen functional groups attached to an aromatic ring is 1. The number of anilines is 2. The van der Waals surface area contributed by atoms with Crippen molar-refractivity contribution in [3.63, 3.8) is 0 Å². The van der Waals surface area contributed by atoms with Gasteiger partial charge in [0.25, 0.3) is 0 Å². The summed E-state index contributed by atoms with van der Waals surface area (Å²) in [5.74, 6) is 0.807. The molecule has 0 aromatic heterocycles. The fourth-order valence-electron chi connectivity index (χ4n) is 0.921. The van der Waals surface area contributed by atoms with Crippen molar-refractivity contribution in [2.75, 3.05) is 25.2 Å². The van der Waals surface area contributed by atoms with Crippen molar-refractivity contribution in [1.82, 2.24) is 0 Å². The van der Waals surface area contributed by atoms with Gasteiger partial charge in [-0.3, -0.25) is 0 Å². The molecular formula is C8H14Cl2N2O. The van der Waals surface area contributed by atoms with Crippen LogP contribution in [0.3, 0.4) is 0 Å². The molecule has 0 aliphatic carbocycles. The number of rotatable bonds is 2. The van der Waals surface area contributed by atoms with Crippen molar-refractivity contribution >= 4 is 36.2 Å². The molecule has 0 aliphatic heterocycles. The van der Waals surface area contributed by atoms with Crippen LogP contribution in [0.5, 0.6) is 5.75 Å². The van der Waals surface area contributed by atoms with E-state index in [2.05, 4.69) is 5.32 Å². The van der Waals surface area contributed by atoms with Gasteiger partial charge >= 0.3 is 0 Å². The minimum atomic E-state index is 0. The number of hydrogen-bond acceptors (Lipinski definition) is 3. The first-order valence-corrected chi connectivity index (χ1v) is 3.39. The van der Waals surface area contributed by atoms with E-state index in [-0.39, 0.29) is 24.8 Å². The third-order valence-corrected chi connectivity index (χ3v) is 1.49. The van der Waals surface area contributed by atoms with Crippen molar-refractivity contribution in [2.24, 2.45) is 0 Å². The Morgan fingerprint density at radius 3 is 2.38 bits per heavy atom. The van der Waals surface area contributed by atoms with Crippen LogP contribution >= 0.6 is 24.8 Å². The zero-order chi connectivity index (χ0) is 8.27. The number of nitrogens with one attached hydrogen (secondary N) is 1. The summed E-state index contributed by atoms with van der Waals surface area (Å²) in [4.78, 5) is 0. The number of benzene rings is 1. The SMILES string of the molecule is CNc1cc(N)ccc1OC.Cl.Cl. The first-order chi connectivity index (χ1) is 5.27. The van der Waals surface area contributed by atoms with E-state index < -0.39 is 0 Å². The van der Waals surface area contributed by atoms with Crippen LogP contribution in [0.25, 0.3) is 0 Å². The van der Waals surface area contributed by atoms with E-state index >= 15 is 0 Å². The second-order valence-corrected chi connectivity index (χ2v) is 2.21. The molecule has 0 bridgehead atoms. The highest BCUT2D eigenvalue weighted by atomic mass is 35.5. The lowest BCUT2D eigenvalue weighted by Crippen LogP contribution is -1.95. The predicted octanol–water partition coefficient (Wildman–Crippen LogP) is 2.16. The second kappa shape index (κ2) is 6.69. The smallest absolute Gasteiger partial charge is 0.142 e. The van der Waals surface area contributed by atoms with Gasteiger partial charge in [0.2, 0.25) is 0 Å². The normalized spacial score (nSPS) is 7.85. The highest BCUT2D eigenvalue weighted by Gasteiger charge is 1.98. The van der Waals surface area contributed by atoms with Gasteiger partial charge in [-0.05, 0) is 18.2 Å². The molecule has 1 rings (SSSR count). The van der Waals surface area contributed by atoms with Gasteiger partial charge in [0.1, 0.15) is 5.75 Å². The maximum absolute atomic E-state index is 5.56. The topological polar surface area (TPSA) is 47.3 Å².